The van der Waals surface area contributed by atoms with Crippen LogP contribution in [0, 0.1) is 6.92 Å². The van der Waals surface area contributed by atoms with E-state index in [4.69, 9.17) is 0 Å². The topological polar surface area (TPSA) is 49.4 Å². The normalized spacial score (nSPS) is 12.9. The van der Waals surface area contributed by atoms with E-state index in [0.717, 1.165) is 21.4 Å². The van der Waals surface area contributed by atoms with Crippen molar-refractivity contribution in [3.8, 4) is 0 Å². The lowest BCUT2D eigenvalue weighted by Crippen LogP contribution is -2.50. The lowest BCUT2D eigenvalue weighted by molar-refractivity contribution is -0.138. The molecule has 0 radical (unpaired) electrons. The summed E-state index contributed by atoms with van der Waals surface area (Å²) in [7, 11) is 0. The minimum Gasteiger partial charge on any atom is -0.352 e. The molecule has 2 amide bonds. The maximum atomic E-state index is 13.1. The SMILES string of the molecule is CC[C@H](C)NC(=O)[C@@H](C)N(Cc1cccc(Br)c1)C(=O)CSc1ccc(C)cc1. The van der Waals surface area contributed by atoms with Crippen molar-refractivity contribution in [2.24, 2.45) is 0 Å². The minimum atomic E-state index is -0.547. The van der Waals surface area contributed by atoms with Gasteiger partial charge < -0.3 is 10.2 Å². The summed E-state index contributed by atoms with van der Waals surface area (Å²) in [5, 5.41) is 2.99. The molecule has 4 nitrogen and oxygen atoms in total. The standard InChI is InChI=1S/C23H29BrN2O2S/c1-5-17(3)25-23(28)18(4)26(14-19-7-6-8-20(24)13-19)22(27)15-29-21-11-9-16(2)10-12-21/h6-13,17-18H,5,14-15H2,1-4H3,(H,25,28)/t17-,18+/m0/s1. The van der Waals surface area contributed by atoms with Crippen LogP contribution in [0.3, 0.4) is 0 Å². The largest absolute Gasteiger partial charge is 0.352 e. The number of halogens is 1. The van der Waals surface area contributed by atoms with E-state index in [2.05, 4.69) is 21.2 Å². The Morgan fingerprint density at radius 1 is 1.14 bits per heavy atom. The van der Waals surface area contributed by atoms with Gasteiger partial charge in [0.15, 0.2) is 0 Å². The smallest absolute Gasteiger partial charge is 0.242 e. The van der Waals surface area contributed by atoms with Crippen LogP contribution in [0.5, 0.6) is 0 Å². The van der Waals surface area contributed by atoms with Gasteiger partial charge in [0.25, 0.3) is 0 Å². The van der Waals surface area contributed by atoms with Crippen molar-refractivity contribution < 1.29 is 9.59 Å². The van der Waals surface area contributed by atoms with Crippen LogP contribution < -0.4 is 5.32 Å². The molecule has 2 atom stereocenters. The minimum absolute atomic E-state index is 0.0534. The third-order valence-electron chi connectivity index (χ3n) is 4.79. The summed E-state index contributed by atoms with van der Waals surface area (Å²) >= 11 is 4.97. The number of hydrogen-bond donors (Lipinski definition) is 1. The summed E-state index contributed by atoms with van der Waals surface area (Å²) in [6, 6.07) is 15.5. The molecule has 0 bridgehead atoms. The van der Waals surface area contributed by atoms with Gasteiger partial charge in [0.05, 0.1) is 5.75 Å². The number of thioether (sulfide) groups is 1. The first kappa shape index (κ1) is 23.5. The molecule has 156 valence electrons. The van der Waals surface area contributed by atoms with Gasteiger partial charge in [0, 0.05) is 22.0 Å². The summed E-state index contributed by atoms with van der Waals surface area (Å²) in [6.45, 7) is 8.22. The molecule has 0 unspecified atom stereocenters. The Bertz CT molecular complexity index is 826. The molecule has 0 saturated carbocycles. The first-order valence-corrected chi connectivity index (χ1v) is 11.6. The molecule has 0 aliphatic carbocycles. The van der Waals surface area contributed by atoms with Gasteiger partial charge >= 0.3 is 0 Å². The number of amides is 2. The van der Waals surface area contributed by atoms with Gasteiger partial charge in [-0.1, -0.05) is 52.7 Å². The van der Waals surface area contributed by atoms with E-state index in [-0.39, 0.29) is 23.6 Å². The molecule has 6 heteroatoms. The van der Waals surface area contributed by atoms with E-state index in [0.29, 0.717) is 6.54 Å². The molecule has 0 fully saturated rings. The third kappa shape index (κ3) is 7.52. The molecule has 0 spiro atoms. The molecule has 29 heavy (non-hydrogen) atoms. The van der Waals surface area contributed by atoms with Crippen LogP contribution in [0.4, 0.5) is 0 Å². The van der Waals surface area contributed by atoms with Crippen LogP contribution >= 0.6 is 27.7 Å². The Balaban J connectivity index is 2.14. The molecule has 2 aromatic carbocycles. The molecule has 1 N–H and O–H groups in total. The van der Waals surface area contributed by atoms with Crippen molar-refractivity contribution in [3.05, 3.63) is 64.1 Å². The van der Waals surface area contributed by atoms with Crippen molar-refractivity contribution in [3.63, 3.8) is 0 Å². The van der Waals surface area contributed by atoms with E-state index >= 15 is 0 Å². The number of nitrogens with zero attached hydrogens (tertiary/aromatic N) is 1. The van der Waals surface area contributed by atoms with E-state index in [9.17, 15) is 9.59 Å². The van der Waals surface area contributed by atoms with Crippen LogP contribution in [0.15, 0.2) is 57.9 Å². The molecule has 2 rings (SSSR count). The quantitative estimate of drug-likeness (QED) is 0.507. The van der Waals surface area contributed by atoms with Gasteiger partial charge in [-0.05, 0) is 57.0 Å². The molecule has 0 heterocycles. The Kier molecular flexibility index (Phi) is 9.24. The van der Waals surface area contributed by atoms with Gasteiger partial charge in [-0.15, -0.1) is 11.8 Å². The molecule has 0 saturated heterocycles. The zero-order chi connectivity index (χ0) is 21.4. The molecule has 0 aliphatic heterocycles. The Morgan fingerprint density at radius 2 is 1.83 bits per heavy atom. The lowest BCUT2D eigenvalue weighted by atomic mass is 10.1. The summed E-state index contributed by atoms with van der Waals surface area (Å²) in [6.07, 6.45) is 0.849. The van der Waals surface area contributed by atoms with Crippen LogP contribution in [0.1, 0.15) is 38.3 Å². The number of rotatable bonds is 9. The molecular weight excluding hydrogens is 448 g/mol. The number of carbonyl (C=O) groups is 2. The Morgan fingerprint density at radius 3 is 2.45 bits per heavy atom. The zero-order valence-corrected chi connectivity index (χ0v) is 19.8. The van der Waals surface area contributed by atoms with E-state index in [1.807, 2.05) is 69.3 Å². The van der Waals surface area contributed by atoms with Crippen LogP contribution in [-0.2, 0) is 16.1 Å². The highest BCUT2D eigenvalue weighted by molar-refractivity contribution is 9.10. The van der Waals surface area contributed by atoms with E-state index in [1.54, 1.807) is 11.8 Å². The van der Waals surface area contributed by atoms with Crippen molar-refractivity contribution in [2.45, 2.75) is 57.6 Å². The fraction of sp³-hybridized carbons (Fsp3) is 0.391. The second-order valence-corrected chi connectivity index (χ2v) is 9.21. The maximum absolute atomic E-state index is 13.1. The number of nitrogens with one attached hydrogen (secondary N) is 1. The lowest BCUT2D eigenvalue weighted by Gasteiger charge is -2.29. The predicted molar refractivity (Wildman–Crippen MR) is 124 cm³/mol. The molecule has 2 aromatic rings. The molecule has 0 aromatic heterocycles. The first-order chi connectivity index (χ1) is 13.8. The number of hydrogen-bond acceptors (Lipinski definition) is 3. The van der Waals surface area contributed by atoms with Crippen molar-refractivity contribution in [1.29, 1.82) is 0 Å². The summed E-state index contributed by atoms with van der Waals surface area (Å²) in [5.41, 5.74) is 2.17. The van der Waals surface area contributed by atoms with Crippen LogP contribution in [0.25, 0.3) is 0 Å². The second-order valence-electron chi connectivity index (χ2n) is 7.25. The van der Waals surface area contributed by atoms with Crippen molar-refractivity contribution >= 4 is 39.5 Å². The van der Waals surface area contributed by atoms with Crippen LogP contribution in [0.2, 0.25) is 0 Å². The Labute approximate surface area is 186 Å². The van der Waals surface area contributed by atoms with E-state index < -0.39 is 6.04 Å². The number of benzene rings is 2. The molecule has 0 aliphatic rings. The highest BCUT2D eigenvalue weighted by atomic mass is 79.9. The number of aryl methyl sites for hydroxylation is 1. The van der Waals surface area contributed by atoms with Crippen LogP contribution in [-0.4, -0.2) is 34.6 Å². The van der Waals surface area contributed by atoms with Gasteiger partial charge in [0.2, 0.25) is 11.8 Å². The second kappa shape index (κ2) is 11.4. The number of carbonyl (C=O) groups excluding carboxylic acids is 2. The fourth-order valence-electron chi connectivity index (χ4n) is 2.74. The summed E-state index contributed by atoms with van der Waals surface area (Å²) < 4.78 is 0.952. The van der Waals surface area contributed by atoms with Gasteiger partial charge in [0.1, 0.15) is 6.04 Å². The third-order valence-corrected chi connectivity index (χ3v) is 6.28. The highest BCUT2D eigenvalue weighted by Crippen LogP contribution is 2.21. The van der Waals surface area contributed by atoms with Crippen molar-refractivity contribution in [1.82, 2.24) is 10.2 Å². The molecular formula is C23H29BrN2O2S. The first-order valence-electron chi connectivity index (χ1n) is 9.84. The van der Waals surface area contributed by atoms with E-state index in [1.165, 1.54) is 17.3 Å². The predicted octanol–water partition coefficient (Wildman–Crippen LogP) is 5.18. The van der Waals surface area contributed by atoms with Crippen molar-refractivity contribution in [2.75, 3.05) is 5.75 Å². The zero-order valence-electron chi connectivity index (χ0n) is 17.4. The monoisotopic (exact) mass is 476 g/mol. The summed E-state index contributed by atoms with van der Waals surface area (Å²) in [4.78, 5) is 28.5. The summed E-state index contributed by atoms with van der Waals surface area (Å²) in [5.74, 6) is 0.114. The maximum Gasteiger partial charge on any atom is 0.242 e. The average Bonchev–Trinajstić information content (AvgIpc) is 2.70. The van der Waals surface area contributed by atoms with Gasteiger partial charge in [-0.25, -0.2) is 0 Å². The Hall–Kier alpha value is -1.79. The van der Waals surface area contributed by atoms with Gasteiger partial charge in [-0.3, -0.25) is 9.59 Å². The fourth-order valence-corrected chi connectivity index (χ4v) is 3.97. The average molecular weight is 477 g/mol. The van der Waals surface area contributed by atoms with Gasteiger partial charge in [-0.2, -0.15) is 0 Å². The highest BCUT2D eigenvalue weighted by Gasteiger charge is 2.26.